The number of hydrogen-bond donors (Lipinski definition) is 3. The number of anilines is 3. The number of ether oxygens (including phenoxy) is 1. The topological polar surface area (TPSA) is 92.9 Å². The number of carbonyl (C=O) groups excluding carboxylic acids is 1. The number of rotatable bonds is 7. The zero-order valence-corrected chi connectivity index (χ0v) is 26.1. The Labute approximate surface area is 270 Å². The number of amides is 1. The van der Waals surface area contributed by atoms with Crippen LogP contribution in [0.1, 0.15) is 40.4 Å². The van der Waals surface area contributed by atoms with Crippen LogP contribution < -0.4 is 26.0 Å². The Hall–Kier alpha value is -4.20. The molecule has 2 aromatic carbocycles. The molecule has 1 atom stereocenters. The van der Waals surface area contributed by atoms with Crippen LogP contribution in [0.3, 0.4) is 0 Å². The third kappa shape index (κ3) is 7.69. The molecular formula is C34H38F4N6O3. The lowest BCUT2D eigenvalue weighted by atomic mass is 9.96. The maximum atomic E-state index is 15.8. The van der Waals surface area contributed by atoms with E-state index in [9.17, 15) is 22.8 Å². The second kappa shape index (κ2) is 13.9. The quantitative estimate of drug-likeness (QED) is 0.318. The first-order chi connectivity index (χ1) is 22.5. The van der Waals surface area contributed by atoms with E-state index in [1.54, 1.807) is 0 Å². The average molecular weight is 655 g/mol. The third-order valence-corrected chi connectivity index (χ3v) is 8.88. The van der Waals surface area contributed by atoms with Crippen LogP contribution in [0.25, 0.3) is 5.57 Å². The summed E-state index contributed by atoms with van der Waals surface area (Å²) in [6.45, 7) is 8.83. The summed E-state index contributed by atoms with van der Waals surface area (Å²) < 4.78 is 62.5. The predicted molar refractivity (Wildman–Crippen MR) is 173 cm³/mol. The standard InChI is InChI=1S/C34H38F4N6O3/c1-22-20-44(11-8-39-22)31-18-29(35)26(16-30(31)41-33(46)27-19-40-32(45)17-28(27)34(36,37)38)24-6-9-42(10-7-24)21-23-2-4-25(5-3-23)43-12-14-47-15-13-43/h2-6,16-19,22,39H,7-15,20-21H2,1H3,(H,40,45)(H,41,46)/t22-/m0/s1. The molecule has 0 saturated carbocycles. The first-order valence-electron chi connectivity index (χ1n) is 15.8. The minimum atomic E-state index is -4.92. The lowest BCUT2D eigenvalue weighted by molar-refractivity contribution is -0.138. The van der Waals surface area contributed by atoms with Crippen molar-refractivity contribution in [1.82, 2.24) is 15.2 Å². The molecule has 9 nitrogen and oxygen atoms in total. The van der Waals surface area contributed by atoms with Crippen LogP contribution in [0.4, 0.5) is 34.6 Å². The molecule has 0 radical (unpaired) electrons. The number of morpholine rings is 1. The monoisotopic (exact) mass is 654 g/mol. The maximum Gasteiger partial charge on any atom is 0.417 e. The highest BCUT2D eigenvalue weighted by Gasteiger charge is 2.36. The second-order valence-electron chi connectivity index (χ2n) is 12.2. The van der Waals surface area contributed by atoms with Crippen LogP contribution in [-0.2, 0) is 17.5 Å². The highest BCUT2D eigenvalue weighted by Crippen LogP contribution is 2.36. The molecule has 3 aliphatic rings. The van der Waals surface area contributed by atoms with Crippen molar-refractivity contribution in [2.75, 3.05) is 74.1 Å². The van der Waals surface area contributed by atoms with E-state index in [0.717, 1.165) is 44.6 Å². The van der Waals surface area contributed by atoms with E-state index < -0.39 is 34.6 Å². The van der Waals surface area contributed by atoms with Crippen LogP contribution in [0.5, 0.6) is 0 Å². The van der Waals surface area contributed by atoms with Crippen molar-refractivity contribution in [3.8, 4) is 0 Å². The van der Waals surface area contributed by atoms with Crippen molar-refractivity contribution in [3.05, 3.63) is 93.2 Å². The van der Waals surface area contributed by atoms with Gasteiger partial charge in [0.25, 0.3) is 5.91 Å². The molecule has 1 aromatic heterocycles. The lowest BCUT2D eigenvalue weighted by Gasteiger charge is -2.35. The third-order valence-electron chi connectivity index (χ3n) is 8.88. The smallest absolute Gasteiger partial charge is 0.378 e. The largest absolute Gasteiger partial charge is 0.417 e. The average Bonchev–Trinajstić information content (AvgIpc) is 3.06. The number of aromatic nitrogens is 1. The number of halogens is 4. The number of nitrogens with one attached hydrogen (secondary N) is 3. The van der Waals surface area contributed by atoms with E-state index in [1.165, 1.54) is 23.4 Å². The molecule has 13 heteroatoms. The summed E-state index contributed by atoms with van der Waals surface area (Å²) in [6.07, 6.45) is -1.65. The summed E-state index contributed by atoms with van der Waals surface area (Å²) in [5, 5.41) is 5.92. The van der Waals surface area contributed by atoms with Gasteiger partial charge >= 0.3 is 6.18 Å². The van der Waals surface area contributed by atoms with Gasteiger partial charge < -0.3 is 30.2 Å². The fourth-order valence-corrected chi connectivity index (χ4v) is 6.40. The van der Waals surface area contributed by atoms with Crippen LogP contribution in [0, 0.1) is 5.82 Å². The molecule has 0 bridgehead atoms. The number of nitrogens with zero attached hydrogens (tertiary/aromatic N) is 3. The van der Waals surface area contributed by atoms with E-state index >= 15 is 4.39 Å². The second-order valence-corrected chi connectivity index (χ2v) is 12.2. The lowest BCUT2D eigenvalue weighted by Crippen LogP contribution is -2.49. The number of piperazine rings is 1. The summed E-state index contributed by atoms with van der Waals surface area (Å²) in [7, 11) is 0. The summed E-state index contributed by atoms with van der Waals surface area (Å²) in [5.41, 5.74) is 0.925. The number of H-pyrrole nitrogens is 1. The van der Waals surface area contributed by atoms with Gasteiger partial charge in [0.15, 0.2) is 0 Å². The Morgan fingerprint density at radius 3 is 2.49 bits per heavy atom. The molecule has 4 heterocycles. The van der Waals surface area contributed by atoms with Gasteiger partial charge in [-0.1, -0.05) is 18.2 Å². The van der Waals surface area contributed by atoms with Gasteiger partial charge in [0.2, 0.25) is 5.56 Å². The van der Waals surface area contributed by atoms with Gasteiger partial charge in [-0.05, 0) is 48.7 Å². The van der Waals surface area contributed by atoms with Crippen molar-refractivity contribution in [1.29, 1.82) is 0 Å². The fourth-order valence-electron chi connectivity index (χ4n) is 6.40. The van der Waals surface area contributed by atoms with Crippen LogP contribution in [0.15, 0.2) is 59.5 Å². The fraction of sp³-hybridized carbons (Fsp3) is 0.412. The van der Waals surface area contributed by atoms with Gasteiger partial charge in [0, 0.05) is 81.9 Å². The number of pyridine rings is 1. The van der Waals surface area contributed by atoms with Gasteiger partial charge in [-0.15, -0.1) is 0 Å². The van der Waals surface area contributed by atoms with Gasteiger partial charge in [0.1, 0.15) is 5.82 Å². The predicted octanol–water partition coefficient (Wildman–Crippen LogP) is 4.71. The summed E-state index contributed by atoms with van der Waals surface area (Å²) in [4.78, 5) is 33.6. The molecule has 47 heavy (non-hydrogen) atoms. The molecule has 6 rings (SSSR count). The zero-order valence-electron chi connectivity index (χ0n) is 26.1. The molecule has 3 aromatic rings. The maximum absolute atomic E-state index is 15.8. The Balaban J connectivity index is 1.23. The zero-order chi connectivity index (χ0) is 33.1. The number of carbonyl (C=O) groups is 1. The van der Waals surface area contributed by atoms with Crippen molar-refractivity contribution in [2.24, 2.45) is 0 Å². The van der Waals surface area contributed by atoms with Gasteiger partial charge in [-0.2, -0.15) is 13.2 Å². The molecule has 0 spiro atoms. The van der Waals surface area contributed by atoms with Gasteiger partial charge in [-0.25, -0.2) is 4.39 Å². The number of alkyl halides is 3. The minimum Gasteiger partial charge on any atom is -0.378 e. The Kier molecular flexibility index (Phi) is 9.67. The Bertz CT molecular complexity index is 1680. The van der Waals surface area contributed by atoms with Crippen molar-refractivity contribution in [2.45, 2.75) is 32.1 Å². The highest BCUT2D eigenvalue weighted by atomic mass is 19.4. The van der Waals surface area contributed by atoms with E-state index in [0.29, 0.717) is 56.5 Å². The Morgan fingerprint density at radius 1 is 1.04 bits per heavy atom. The first kappa shape index (κ1) is 32.7. The molecule has 1 amide bonds. The van der Waals surface area contributed by atoms with Gasteiger partial charge in [0.05, 0.1) is 35.7 Å². The van der Waals surface area contributed by atoms with Crippen molar-refractivity contribution in [3.63, 3.8) is 0 Å². The van der Waals surface area contributed by atoms with Crippen molar-refractivity contribution >= 4 is 28.5 Å². The first-order valence-corrected chi connectivity index (χ1v) is 15.8. The molecular weight excluding hydrogens is 616 g/mol. The number of benzene rings is 2. The SMILES string of the molecule is C[C@H]1CN(c2cc(F)c(C3=CCN(Cc4ccc(N5CCOCC5)cc4)CC3)cc2NC(=O)c2c[nH]c(=O)cc2C(F)(F)F)CCN1. The molecule has 2 fully saturated rings. The highest BCUT2D eigenvalue weighted by molar-refractivity contribution is 6.07. The minimum absolute atomic E-state index is 0.0775. The molecule has 3 N–H and O–H groups in total. The molecule has 250 valence electrons. The number of aromatic amines is 1. The van der Waals surface area contributed by atoms with E-state index in [1.807, 2.05) is 17.9 Å². The molecule has 2 saturated heterocycles. The summed E-state index contributed by atoms with van der Waals surface area (Å²) in [6, 6.07) is 11.8. The normalized spacial score (nSPS) is 19.4. The summed E-state index contributed by atoms with van der Waals surface area (Å²) >= 11 is 0. The molecule has 3 aliphatic heterocycles. The van der Waals surface area contributed by atoms with E-state index in [4.69, 9.17) is 4.74 Å². The van der Waals surface area contributed by atoms with Gasteiger partial charge in [-0.3, -0.25) is 14.5 Å². The molecule has 0 aliphatic carbocycles. The Morgan fingerprint density at radius 2 is 1.81 bits per heavy atom. The van der Waals surface area contributed by atoms with Crippen molar-refractivity contribution < 1.29 is 27.1 Å². The van der Waals surface area contributed by atoms with E-state index in [-0.39, 0.29) is 11.7 Å². The number of hydrogen-bond acceptors (Lipinski definition) is 7. The van der Waals surface area contributed by atoms with Crippen LogP contribution >= 0.6 is 0 Å². The molecule has 0 unspecified atom stereocenters. The summed E-state index contributed by atoms with van der Waals surface area (Å²) in [5.74, 6) is -1.53. The van der Waals surface area contributed by atoms with Crippen LogP contribution in [-0.4, -0.2) is 80.9 Å². The van der Waals surface area contributed by atoms with Crippen LogP contribution in [0.2, 0.25) is 0 Å². The van der Waals surface area contributed by atoms with E-state index in [2.05, 4.69) is 49.7 Å².